The van der Waals surface area contributed by atoms with E-state index in [-0.39, 0.29) is 17.9 Å². The summed E-state index contributed by atoms with van der Waals surface area (Å²) in [4.78, 5) is 29.9. The van der Waals surface area contributed by atoms with Crippen LogP contribution in [0.25, 0.3) is 21.5 Å². The number of Topliss-reactive ketones (excluding diaryl/α,β-unsaturated/α-hetero) is 1. The van der Waals surface area contributed by atoms with Crippen molar-refractivity contribution in [3.05, 3.63) is 74.5 Å². The first-order valence-electron chi connectivity index (χ1n) is 8.77. The van der Waals surface area contributed by atoms with E-state index in [1.807, 2.05) is 31.2 Å². The van der Waals surface area contributed by atoms with Gasteiger partial charge in [0.05, 0.1) is 16.8 Å². The maximum absolute atomic E-state index is 12.9. The number of methoxy groups -OCH3 is 1. The Hall–Kier alpha value is -3.03. The predicted molar refractivity (Wildman–Crippen MR) is 114 cm³/mol. The van der Waals surface area contributed by atoms with E-state index < -0.39 is 0 Å². The minimum atomic E-state index is -0.385. The van der Waals surface area contributed by atoms with Crippen molar-refractivity contribution < 1.29 is 9.53 Å². The molecular formula is C21H16ClN3O3S. The molecule has 0 unspecified atom stereocenters. The number of rotatable bonds is 5. The van der Waals surface area contributed by atoms with E-state index in [0.717, 1.165) is 16.3 Å². The van der Waals surface area contributed by atoms with E-state index >= 15 is 0 Å². The highest BCUT2D eigenvalue weighted by atomic mass is 35.5. The Morgan fingerprint density at radius 3 is 2.48 bits per heavy atom. The van der Waals surface area contributed by atoms with Crippen LogP contribution >= 0.6 is 22.9 Å². The summed E-state index contributed by atoms with van der Waals surface area (Å²) in [6, 6.07) is 13.9. The average molecular weight is 426 g/mol. The van der Waals surface area contributed by atoms with Gasteiger partial charge in [0.25, 0.3) is 5.56 Å². The summed E-state index contributed by atoms with van der Waals surface area (Å²) in [7, 11) is 1.60. The molecule has 2 aromatic heterocycles. The predicted octanol–water partition coefficient (Wildman–Crippen LogP) is 4.37. The van der Waals surface area contributed by atoms with Crippen LogP contribution in [0.3, 0.4) is 0 Å². The Balaban J connectivity index is 1.81. The van der Waals surface area contributed by atoms with Gasteiger partial charge in [-0.15, -0.1) is 11.3 Å². The fourth-order valence-corrected chi connectivity index (χ4v) is 4.02. The summed E-state index contributed by atoms with van der Waals surface area (Å²) in [5, 5.41) is 5.81. The van der Waals surface area contributed by atoms with E-state index in [4.69, 9.17) is 16.3 Å². The summed E-state index contributed by atoms with van der Waals surface area (Å²) in [6.45, 7) is 1.65. The lowest BCUT2D eigenvalue weighted by molar-refractivity contribution is 0.0966. The molecule has 0 spiro atoms. The lowest BCUT2D eigenvalue weighted by atomic mass is 10.1. The maximum Gasteiger partial charge on any atom is 0.294 e. The highest BCUT2D eigenvalue weighted by Gasteiger charge is 2.18. The molecule has 2 heterocycles. The van der Waals surface area contributed by atoms with Gasteiger partial charge in [-0.1, -0.05) is 11.6 Å². The Kier molecular flexibility index (Phi) is 5.17. The van der Waals surface area contributed by atoms with Crippen molar-refractivity contribution in [2.24, 2.45) is 0 Å². The van der Waals surface area contributed by atoms with E-state index in [1.165, 1.54) is 16.0 Å². The fraction of sp³-hybridized carbons (Fsp3) is 0.143. The SMILES string of the molecule is COc1ccc(-c2nn(CC(=O)c3ccc(Cl)cc3)c(=O)c3nc(C)sc23)cc1. The van der Waals surface area contributed by atoms with Crippen molar-refractivity contribution in [3.63, 3.8) is 0 Å². The molecule has 0 atom stereocenters. The van der Waals surface area contributed by atoms with Gasteiger partial charge in [-0.2, -0.15) is 5.10 Å². The minimum absolute atomic E-state index is 0.184. The molecule has 0 radical (unpaired) electrons. The molecule has 0 N–H and O–H groups in total. The number of fused-ring (bicyclic) bond motifs is 1. The summed E-state index contributed by atoms with van der Waals surface area (Å²) < 4.78 is 7.09. The summed E-state index contributed by atoms with van der Waals surface area (Å²) in [5.74, 6) is 0.486. The van der Waals surface area contributed by atoms with Crippen LogP contribution < -0.4 is 10.3 Å². The van der Waals surface area contributed by atoms with Crippen LogP contribution in [0.5, 0.6) is 5.75 Å². The number of aromatic nitrogens is 3. The Labute approximate surface area is 175 Å². The molecule has 0 saturated carbocycles. The Bertz CT molecular complexity index is 1260. The second-order valence-corrected chi connectivity index (χ2v) is 8.02. The van der Waals surface area contributed by atoms with Crippen molar-refractivity contribution in [2.45, 2.75) is 13.5 Å². The largest absolute Gasteiger partial charge is 0.497 e. The number of carbonyl (C=O) groups excluding carboxylic acids is 1. The number of hydrogen-bond donors (Lipinski definition) is 0. The second-order valence-electron chi connectivity index (χ2n) is 6.38. The summed E-state index contributed by atoms with van der Waals surface area (Å²) >= 11 is 7.29. The van der Waals surface area contributed by atoms with Gasteiger partial charge in [0.15, 0.2) is 11.3 Å². The average Bonchev–Trinajstić information content (AvgIpc) is 3.12. The zero-order chi connectivity index (χ0) is 20.5. The third kappa shape index (κ3) is 3.79. The topological polar surface area (TPSA) is 74.1 Å². The normalized spacial score (nSPS) is 11.0. The molecule has 4 rings (SSSR count). The van der Waals surface area contributed by atoms with E-state index in [0.29, 0.717) is 26.5 Å². The van der Waals surface area contributed by atoms with E-state index in [1.54, 1.807) is 31.4 Å². The molecule has 0 saturated heterocycles. The zero-order valence-corrected chi connectivity index (χ0v) is 17.3. The molecule has 8 heteroatoms. The van der Waals surface area contributed by atoms with Crippen LogP contribution in [0, 0.1) is 6.92 Å². The number of ketones is 1. The molecule has 2 aromatic carbocycles. The molecule has 0 aliphatic heterocycles. The summed E-state index contributed by atoms with van der Waals surface area (Å²) in [5.41, 5.74) is 1.81. The van der Waals surface area contributed by atoms with Crippen molar-refractivity contribution in [3.8, 4) is 17.0 Å². The number of aryl methyl sites for hydroxylation is 1. The quantitative estimate of drug-likeness (QED) is 0.444. The van der Waals surface area contributed by atoms with Crippen molar-refractivity contribution in [2.75, 3.05) is 7.11 Å². The molecule has 0 bridgehead atoms. The van der Waals surface area contributed by atoms with Crippen molar-refractivity contribution >= 4 is 38.9 Å². The maximum atomic E-state index is 12.9. The molecule has 4 aromatic rings. The first kappa shape index (κ1) is 19.3. The lowest BCUT2D eigenvalue weighted by Gasteiger charge is -2.09. The second kappa shape index (κ2) is 7.77. The molecule has 6 nitrogen and oxygen atoms in total. The molecule has 0 aliphatic carbocycles. The molecule has 146 valence electrons. The van der Waals surface area contributed by atoms with Crippen LogP contribution in [0.2, 0.25) is 5.02 Å². The van der Waals surface area contributed by atoms with Crippen molar-refractivity contribution in [1.82, 2.24) is 14.8 Å². The molecule has 29 heavy (non-hydrogen) atoms. The molecule has 0 amide bonds. The monoisotopic (exact) mass is 425 g/mol. The Morgan fingerprint density at radius 2 is 1.83 bits per heavy atom. The number of halogens is 1. The molecule has 0 aliphatic rings. The highest BCUT2D eigenvalue weighted by Crippen LogP contribution is 2.30. The van der Waals surface area contributed by atoms with Gasteiger partial charge in [0.1, 0.15) is 18.0 Å². The van der Waals surface area contributed by atoms with Gasteiger partial charge >= 0.3 is 0 Å². The highest BCUT2D eigenvalue weighted by molar-refractivity contribution is 7.19. The smallest absolute Gasteiger partial charge is 0.294 e. The number of carbonyl (C=O) groups is 1. The first-order valence-corrected chi connectivity index (χ1v) is 9.97. The van der Waals surface area contributed by atoms with Gasteiger partial charge in [0.2, 0.25) is 0 Å². The van der Waals surface area contributed by atoms with Crippen LogP contribution in [-0.4, -0.2) is 27.7 Å². The van der Waals surface area contributed by atoms with Gasteiger partial charge in [-0.25, -0.2) is 9.67 Å². The van der Waals surface area contributed by atoms with E-state index in [2.05, 4.69) is 10.1 Å². The van der Waals surface area contributed by atoms with Gasteiger partial charge < -0.3 is 4.74 Å². The first-order chi connectivity index (χ1) is 14.0. The number of nitrogens with zero attached hydrogens (tertiary/aromatic N) is 3. The minimum Gasteiger partial charge on any atom is -0.497 e. The van der Waals surface area contributed by atoms with Crippen LogP contribution in [-0.2, 0) is 6.54 Å². The number of benzene rings is 2. The fourth-order valence-electron chi connectivity index (χ4n) is 2.97. The lowest BCUT2D eigenvalue weighted by Crippen LogP contribution is -2.27. The molecule has 0 fully saturated rings. The summed E-state index contributed by atoms with van der Waals surface area (Å²) in [6.07, 6.45) is 0. The Morgan fingerprint density at radius 1 is 1.14 bits per heavy atom. The van der Waals surface area contributed by atoms with Crippen LogP contribution in [0.4, 0.5) is 0 Å². The number of ether oxygens (including phenoxy) is 1. The van der Waals surface area contributed by atoms with Gasteiger partial charge in [-0.3, -0.25) is 9.59 Å². The van der Waals surface area contributed by atoms with Crippen molar-refractivity contribution in [1.29, 1.82) is 0 Å². The molecular weight excluding hydrogens is 410 g/mol. The third-order valence-corrected chi connectivity index (χ3v) is 5.66. The standard InChI is InChI=1S/C21H16ClN3O3S/c1-12-23-19-20(29-12)18(14-5-9-16(28-2)10-6-14)24-25(21(19)27)11-17(26)13-3-7-15(22)8-4-13/h3-10H,11H2,1-2H3. The zero-order valence-electron chi connectivity index (χ0n) is 15.7. The van der Waals surface area contributed by atoms with Crippen LogP contribution in [0.1, 0.15) is 15.4 Å². The third-order valence-electron chi connectivity index (χ3n) is 4.43. The number of hydrogen-bond acceptors (Lipinski definition) is 6. The van der Waals surface area contributed by atoms with E-state index in [9.17, 15) is 9.59 Å². The number of thiazole rings is 1. The van der Waals surface area contributed by atoms with Gasteiger partial charge in [0, 0.05) is 16.1 Å². The van der Waals surface area contributed by atoms with Crippen LogP contribution in [0.15, 0.2) is 53.3 Å². The van der Waals surface area contributed by atoms with Gasteiger partial charge in [-0.05, 0) is 55.5 Å².